The van der Waals surface area contributed by atoms with Gasteiger partial charge in [-0.1, -0.05) is 29.3 Å². The van der Waals surface area contributed by atoms with Crippen molar-refractivity contribution in [2.24, 2.45) is 5.84 Å². The van der Waals surface area contributed by atoms with Crippen LogP contribution in [0.5, 0.6) is 0 Å². The Labute approximate surface area is 122 Å². The van der Waals surface area contributed by atoms with Gasteiger partial charge in [0.15, 0.2) is 0 Å². The fraction of sp³-hybridized carbons (Fsp3) is 0.214. The van der Waals surface area contributed by atoms with Crippen molar-refractivity contribution in [1.82, 2.24) is 10.4 Å². The van der Waals surface area contributed by atoms with Crippen LogP contribution in [-0.4, -0.2) is 4.98 Å². The second kappa shape index (κ2) is 6.87. The van der Waals surface area contributed by atoms with E-state index in [1.807, 2.05) is 24.4 Å². The fourth-order valence-corrected chi connectivity index (χ4v) is 2.40. The Bertz CT molecular complexity index is 531. The molecule has 0 aliphatic heterocycles. The molecule has 100 valence electrons. The fourth-order valence-electron chi connectivity index (χ4n) is 1.97. The van der Waals surface area contributed by atoms with Crippen molar-refractivity contribution in [1.29, 1.82) is 0 Å². The molecule has 1 heterocycles. The van der Waals surface area contributed by atoms with Crippen LogP contribution in [0.3, 0.4) is 0 Å². The monoisotopic (exact) mass is 295 g/mol. The third kappa shape index (κ3) is 3.91. The number of hydrogen-bond acceptors (Lipinski definition) is 3. The molecule has 0 amide bonds. The Hall–Kier alpha value is -1.13. The summed E-state index contributed by atoms with van der Waals surface area (Å²) in [5.74, 6) is 5.62. The molecule has 3 nitrogen and oxygen atoms in total. The molecule has 0 aliphatic carbocycles. The first-order valence-corrected chi connectivity index (χ1v) is 6.76. The highest BCUT2D eigenvalue weighted by Crippen LogP contribution is 2.28. The molecule has 1 aromatic carbocycles. The largest absolute Gasteiger partial charge is 0.271 e. The number of nitrogens with two attached hydrogens (primary N) is 1. The molecular formula is C14H15Cl2N3. The van der Waals surface area contributed by atoms with Crippen LogP contribution < -0.4 is 11.3 Å². The average molecular weight is 296 g/mol. The van der Waals surface area contributed by atoms with Crippen molar-refractivity contribution in [3.05, 3.63) is 63.9 Å². The van der Waals surface area contributed by atoms with E-state index in [4.69, 9.17) is 29.0 Å². The predicted octanol–water partition coefficient (Wildman–Crippen LogP) is 3.53. The summed E-state index contributed by atoms with van der Waals surface area (Å²) in [6.07, 6.45) is 5.30. The second-order valence-corrected chi connectivity index (χ2v) is 5.13. The molecular weight excluding hydrogens is 281 g/mol. The van der Waals surface area contributed by atoms with E-state index >= 15 is 0 Å². The number of benzene rings is 1. The van der Waals surface area contributed by atoms with Crippen molar-refractivity contribution in [2.45, 2.75) is 18.9 Å². The first kappa shape index (κ1) is 14.3. The molecule has 0 radical (unpaired) electrons. The van der Waals surface area contributed by atoms with E-state index in [1.165, 1.54) is 5.56 Å². The highest BCUT2D eigenvalue weighted by molar-refractivity contribution is 6.33. The minimum Gasteiger partial charge on any atom is -0.271 e. The Morgan fingerprint density at radius 2 is 2.11 bits per heavy atom. The number of hydrazine groups is 1. The molecule has 0 saturated heterocycles. The van der Waals surface area contributed by atoms with Gasteiger partial charge >= 0.3 is 0 Å². The molecule has 0 aliphatic rings. The number of aromatic nitrogens is 1. The average Bonchev–Trinajstić information content (AvgIpc) is 2.44. The number of hydrogen-bond donors (Lipinski definition) is 2. The summed E-state index contributed by atoms with van der Waals surface area (Å²) in [6.45, 7) is 0. The van der Waals surface area contributed by atoms with E-state index in [1.54, 1.807) is 18.3 Å². The molecule has 1 aromatic heterocycles. The minimum atomic E-state index is -0.0357. The summed E-state index contributed by atoms with van der Waals surface area (Å²) in [7, 11) is 0. The normalized spacial score (nSPS) is 12.4. The van der Waals surface area contributed by atoms with Gasteiger partial charge in [-0.05, 0) is 48.2 Å². The lowest BCUT2D eigenvalue weighted by atomic mass is 10.00. The van der Waals surface area contributed by atoms with E-state index in [0.717, 1.165) is 18.4 Å². The van der Waals surface area contributed by atoms with Crippen molar-refractivity contribution in [3.63, 3.8) is 0 Å². The summed E-state index contributed by atoms with van der Waals surface area (Å²) in [5.41, 5.74) is 4.88. The van der Waals surface area contributed by atoms with Gasteiger partial charge in [0.25, 0.3) is 0 Å². The number of pyridine rings is 1. The van der Waals surface area contributed by atoms with Gasteiger partial charge in [-0.3, -0.25) is 16.3 Å². The topological polar surface area (TPSA) is 50.9 Å². The standard InChI is InChI=1S/C14H15Cl2N3/c15-11-4-5-13(16)12(8-11)14(19-17)6-3-10-2-1-7-18-9-10/h1-2,4-5,7-9,14,19H,3,6,17H2. The summed E-state index contributed by atoms with van der Waals surface area (Å²) >= 11 is 12.2. The SMILES string of the molecule is NNC(CCc1cccnc1)c1cc(Cl)ccc1Cl. The maximum absolute atomic E-state index is 6.18. The van der Waals surface area contributed by atoms with Crippen LogP contribution in [0.1, 0.15) is 23.6 Å². The molecule has 2 rings (SSSR count). The number of rotatable bonds is 5. The molecule has 0 bridgehead atoms. The maximum Gasteiger partial charge on any atom is 0.0478 e. The summed E-state index contributed by atoms with van der Waals surface area (Å²) < 4.78 is 0. The van der Waals surface area contributed by atoms with Crippen molar-refractivity contribution < 1.29 is 0 Å². The Kier molecular flexibility index (Phi) is 5.16. The van der Waals surface area contributed by atoms with Crippen LogP contribution in [0, 0.1) is 0 Å². The Morgan fingerprint density at radius 1 is 1.26 bits per heavy atom. The zero-order valence-electron chi connectivity index (χ0n) is 10.3. The first-order valence-electron chi connectivity index (χ1n) is 6.00. The zero-order valence-corrected chi connectivity index (χ0v) is 11.8. The molecule has 19 heavy (non-hydrogen) atoms. The van der Waals surface area contributed by atoms with Gasteiger partial charge in [-0.15, -0.1) is 0 Å². The number of aryl methyl sites for hydroxylation is 1. The van der Waals surface area contributed by atoms with Crippen molar-refractivity contribution >= 4 is 23.2 Å². The predicted molar refractivity (Wildman–Crippen MR) is 79.1 cm³/mol. The molecule has 5 heteroatoms. The van der Waals surface area contributed by atoms with Gasteiger partial charge in [0, 0.05) is 28.5 Å². The van der Waals surface area contributed by atoms with Crippen molar-refractivity contribution in [3.8, 4) is 0 Å². The van der Waals surface area contributed by atoms with Crippen molar-refractivity contribution in [2.75, 3.05) is 0 Å². The Balaban J connectivity index is 2.10. The minimum absolute atomic E-state index is 0.0357. The van der Waals surface area contributed by atoms with E-state index in [9.17, 15) is 0 Å². The molecule has 2 aromatic rings. The second-order valence-electron chi connectivity index (χ2n) is 4.29. The molecule has 0 spiro atoms. The highest BCUT2D eigenvalue weighted by Gasteiger charge is 2.14. The first-order chi connectivity index (χ1) is 9.20. The third-order valence-electron chi connectivity index (χ3n) is 2.98. The van der Waals surface area contributed by atoms with Gasteiger partial charge < -0.3 is 0 Å². The maximum atomic E-state index is 6.18. The lowest BCUT2D eigenvalue weighted by Gasteiger charge is -2.18. The molecule has 0 fully saturated rings. The summed E-state index contributed by atoms with van der Waals surface area (Å²) in [6, 6.07) is 9.33. The molecule has 1 atom stereocenters. The van der Waals surface area contributed by atoms with E-state index in [2.05, 4.69) is 10.4 Å². The number of nitrogens with one attached hydrogen (secondary N) is 1. The smallest absolute Gasteiger partial charge is 0.0478 e. The van der Waals surface area contributed by atoms with Gasteiger partial charge in [0.2, 0.25) is 0 Å². The van der Waals surface area contributed by atoms with Crippen LogP contribution in [0.25, 0.3) is 0 Å². The third-order valence-corrected chi connectivity index (χ3v) is 3.56. The lowest BCUT2D eigenvalue weighted by molar-refractivity contribution is 0.516. The molecule has 1 unspecified atom stereocenters. The van der Waals surface area contributed by atoms with Gasteiger partial charge in [-0.25, -0.2) is 0 Å². The van der Waals surface area contributed by atoms with Crippen LogP contribution in [-0.2, 0) is 6.42 Å². The van der Waals surface area contributed by atoms with E-state index in [0.29, 0.717) is 10.0 Å². The quantitative estimate of drug-likeness (QED) is 0.655. The van der Waals surface area contributed by atoms with Gasteiger partial charge in [0.05, 0.1) is 0 Å². The number of nitrogens with zero attached hydrogens (tertiary/aromatic N) is 1. The lowest BCUT2D eigenvalue weighted by Crippen LogP contribution is -2.28. The summed E-state index contributed by atoms with van der Waals surface area (Å²) in [4.78, 5) is 4.09. The Morgan fingerprint density at radius 3 is 2.79 bits per heavy atom. The van der Waals surface area contributed by atoms with Gasteiger partial charge in [0.1, 0.15) is 0 Å². The van der Waals surface area contributed by atoms with E-state index < -0.39 is 0 Å². The van der Waals surface area contributed by atoms with Crippen LogP contribution >= 0.6 is 23.2 Å². The van der Waals surface area contributed by atoms with Gasteiger partial charge in [-0.2, -0.15) is 0 Å². The highest BCUT2D eigenvalue weighted by atomic mass is 35.5. The van der Waals surface area contributed by atoms with Crippen LogP contribution in [0.4, 0.5) is 0 Å². The van der Waals surface area contributed by atoms with E-state index in [-0.39, 0.29) is 6.04 Å². The molecule has 3 N–H and O–H groups in total. The number of halogens is 2. The zero-order chi connectivity index (χ0) is 13.7. The summed E-state index contributed by atoms with van der Waals surface area (Å²) in [5, 5.41) is 1.32. The van der Waals surface area contributed by atoms with Crippen LogP contribution in [0.15, 0.2) is 42.7 Å². The molecule has 0 saturated carbocycles. The van der Waals surface area contributed by atoms with Crippen LogP contribution in [0.2, 0.25) is 10.0 Å².